The van der Waals surface area contributed by atoms with Gasteiger partial charge in [0.05, 0.1) is 52.9 Å². The summed E-state index contributed by atoms with van der Waals surface area (Å²) in [5.74, 6) is 0. The van der Waals surface area contributed by atoms with Crippen LogP contribution in [0.1, 0.15) is 103 Å². The van der Waals surface area contributed by atoms with Crippen molar-refractivity contribution in [1.29, 1.82) is 0 Å². The summed E-state index contributed by atoms with van der Waals surface area (Å²) in [5, 5.41) is 82.3. The Labute approximate surface area is 942 Å². The van der Waals surface area contributed by atoms with Crippen LogP contribution in [0.4, 0.5) is 0 Å². The molecule has 2 atom stereocenters. The zero-order valence-electron chi connectivity index (χ0n) is 108. The lowest BCUT2D eigenvalue weighted by Crippen LogP contribution is -2.58. The first-order valence-electron chi connectivity index (χ1n) is 56.1. The Balaban J connectivity index is -0.000000969. The number of aliphatic hydroxyl groups is 8. The molecule has 27 nitrogen and oxygen atoms in total. The maximum absolute atomic E-state index is 10.6. The summed E-state index contributed by atoms with van der Waals surface area (Å²) in [6.07, 6.45) is 13.9. The predicted octanol–water partition coefficient (Wildman–Crippen LogP) is 28.6. The minimum absolute atomic E-state index is 0.0510. The van der Waals surface area contributed by atoms with Crippen LogP contribution in [-0.2, 0) is 74.1 Å². The molecule has 0 aromatic heterocycles. The van der Waals surface area contributed by atoms with Crippen LogP contribution in [0.15, 0.2) is 0 Å². The number of hydrogen-bond donors (Lipinski definition) is 9. The summed E-state index contributed by atoms with van der Waals surface area (Å²) in [5.41, 5.74) is -1.81. The molecular formula is C95H250O27Si26. The zero-order valence-corrected chi connectivity index (χ0v) is 134. The third-order valence-electron chi connectivity index (χ3n) is 23.7. The third-order valence-corrected chi connectivity index (χ3v) is 111. The van der Waals surface area contributed by atoms with Gasteiger partial charge in [0.1, 0.15) is 0 Å². The molecule has 0 fully saturated rings. The third kappa shape index (κ3) is 83.7. The van der Waals surface area contributed by atoms with E-state index in [1.165, 1.54) is 0 Å². The molecule has 0 aromatic carbocycles. The molecule has 0 saturated carbocycles. The van der Waals surface area contributed by atoms with Crippen molar-refractivity contribution in [3.63, 3.8) is 0 Å². The SMILES string of the molecule is C[Si](C)(C)O[Si](C)(C)CCCC(CO)(CO)CCC[Si](C)(C)O[Si](C)(C)C.C[Si](C)(C)O[Si](C)(C)CCCC(CO)(CO)CCC[Si](C)(C)O[Si](C)(C)C.C[Si](C)(C)O[Si](C)(C)O[Si](C)(C)O[Si](C)(C)O[Si](C)(C)CCCC(CO)(CO)CCC[Si](C)(C)O[Si](C)(C)O[Si](C)(C)O[Si](C)(C)O[Si](C)(C)O.C[Si](C)(C)O[Si](C)(C)O[Si](C)(CCCC(CO)(CO)CCC[Si](C)(O[Si](C)(C)C)O[Si](C)(C)O[Si](C)(C)C)O[Si](C)(C)C. The Bertz CT molecular complexity index is 3330. The first-order valence-corrected chi connectivity index (χ1v) is 136. The lowest BCUT2D eigenvalue weighted by molar-refractivity contribution is 0.0376. The molecule has 896 valence electrons. The Morgan fingerprint density at radius 3 is 0.399 bits per heavy atom. The molecule has 0 saturated heterocycles. The molecule has 0 aromatic rings. The fraction of sp³-hybridized carbons (Fsp3) is 1.00. The van der Waals surface area contributed by atoms with E-state index in [2.05, 4.69) is 347 Å². The molecule has 0 aliphatic carbocycles. The maximum Gasteiger partial charge on any atom is 0.320 e. The van der Waals surface area contributed by atoms with Gasteiger partial charge in [-0.2, -0.15) is 0 Å². The predicted molar refractivity (Wildman–Crippen MR) is 696 cm³/mol. The van der Waals surface area contributed by atoms with Gasteiger partial charge in [0, 0.05) is 21.7 Å². The first-order chi connectivity index (χ1) is 64.9. The second-order valence-electron chi connectivity index (χ2n) is 60.4. The van der Waals surface area contributed by atoms with Gasteiger partial charge in [-0.15, -0.1) is 0 Å². The van der Waals surface area contributed by atoms with E-state index in [0.717, 1.165) is 138 Å². The molecule has 53 heteroatoms. The van der Waals surface area contributed by atoms with Crippen LogP contribution in [0, 0.1) is 21.7 Å². The van der Waals surface area contributed by atoms with Crippen LogP contribution in [-0.4, -0.2) is 317 Å². The lowest BCUT2D eigenvalue weighted by atomic mass is 9.81. The highest BCUT2D eigenvalue weighted by Gasteiger charge is 2.52. The van der Waals surface area contributed by atoms with Gasteiger partial charge in [-0.25, -0.2) is 0 Å². The number of rotatable bonds is 76. The standard InChI is InChI=1S/C30H82O11Si10.C27H72O8Si8.2C19H48O4Si4/c1-42(2,3)34-46(10,11)38-50(18,19)39-47(12,13)35-43(4,5)26-22-24-30(28-31,29-32)25-23-27-44(6,7)36-48(14,15)40-51(20,21)41-49(16,17)37-45(8,9)33;1-36(2,3)30-40(13,14)34-42(17,32-38(7,8)9)23-19-21-27(25-28,26-29)22-20-24-43(18,33-39(10,11)12)35-41(15,16)31-37(4,5)6;2*1-24(2,3)22-26(7,8)15-11-13-19(17-20,18-21)14-12-16-27(9,10)23-25(4,5)6/h31-33H,22-29H2,1-21H3;28-29H,19-26H2,1-18H3;2*20-21H,11-18H2,1-10H3. The molecule has 0 radical (unpaired) electrons. The normalized spacial score (nSPS) is 15.8. The molecule has 9 N–H and O–H groups in total. The molecule has 0 rings (SSSR count). The van der Waals surface area contributed by atoms with Gasteiger partial charge in [0.15, 0.2) is 125 Å². The van der Waals surface area contributed by atoms with E-state index in [1.807, 2.05) is 26.2 Å². The quantitative estimate of drug-likeness (QED) is 0.0255. The van der Waals surface area contributed by atoms with E-state index in [1.54, 1.807) is 13.1 Å². The fourth-order valence-electron chi connectivity index (χ4n) is 21.8. The summed E-state index contributed by atoms with van der Waals surface area (Å²) < 4.78 is 119. The van der Waals surface area contributed by atoms with E-state index < -0.39 is 230 Å². The van der Waals surface area contributed by atoms with Crippen molar-refractivity contribution >= 4 is 219 Å². The Morgan fingerprint density at radius 2 is 0.257 bits per heavy atom. The molecule has 0 heterocycles. The average Bonchev–Trinajstić information content (AvgIpc) is 0.818. The minimum atomic E-state index is -2.73. The number of aliphatic hydroxyl groups excluding tert-OH is 8. The smallest absolute Gasteiger partial charge is 0.320 e. The highest BCUT2D eigenvalue weighted by Crippen LogP contribution is 2.43. The van der Waals surface area contributed by atoms with Gasteiger partial charge in [0.25, 0.3) is 0 Å². The largest absolute Gasteiger partial charge is 0.456 e. The topological polar surface area (TPSA) is 348 Å². The van der Waals surface area contributed by atoms with Crippen LogP contribution in [0.5, 0.6) is 0 Å². The van der Waals surface area contributed by atoms with Crippen LogP contribution in [0.2, 0.25) is 435 Å². The summed E-state index contributed by atoms with van der Waals surface area (Å²) in [4.78, 5) is 10.3. The van der Waals surface area contributed by atoms with E-state index in [4.69, 9.17) is 74.1 Å². The molecule has 0 aliphatic rings. The highest BCUT2D eigenvalue weighted by molar-refractivity contribution is 6.95. The molecular weight excluding hydrogens is 2300 g/mol. The molecule has 0 bridgehead atoms. The van der Waals surface area contributed by atoms with Crippen molar-refractivity contribution in [2.75, 3.05) is 52.9 Å². The summed E-state index contributed by atoms with van der Waals surface area (Å²) in [7, 11) is -53.6. The van der Waals surface area contributed by atoms with Gasteiger partial charge < -0.3 is 120 Å². The summed E-state index contributed by atoms with van der Waals surface area (Å²) in [6.45, 7) is 129. The van der Waals surface area contributed by atoms with Crippen LogP contribution in [0.25, 0.3) is 0 Å². The van der Waals surface area contributed by atoms with Crippen molar-refractivity contribution in [3.8, 4) is 0 Å². The van der Waals surface area contributed by atoms with Crippen LogP contribution in [0.3, 0.4) is 0 Å². The monoisotopic (exact) mass is 2550 g/mol. The van der Waals surface area contributed by atoms with E-state index >= 15 is 0 Å². The Morgan fingerprint density at radius 1 is 0.135 bits per heavy atom. The number of hydrogen-bond acceptors (Lipinski definition) is 27. The second-order valence-corrected chi connectivity index (χ2v) is 168. The Hall–Kier alpha value is 4.56. The van der Waals surface area contributed by atoms with Crippen molar-refractivity contribution < 1.29 is 120 Å². The molecule has 0 spiro atoms. The first kappa shape index (κ1) is 159. The van der Waals surface area contributed by atoms with Crippen LogP contribution < -0.4 is 0 Å². The van der Waals surface area contributed by atoms with Crippen LogP contribution >= 0.6 is 0 Å². The minimum Gasteiger partial charge on any atom is -0.456 e. The van der Waals surface area contributed by atoms with E-state index in [0.29, 0.717) is 12.8 Å². The van der Waals surface area contributed by atoms with Crippen molar-refractivity contribution in [2.45, 2.75) is 537 Å². The van der Waals surface area contributed by atoms with E-state index in [9.17, 15) is 45.6 Å². The fourth-order valence-corrected chi connectivity index (χ4v) is 136. The average molecular weight is 2560 g/mol. The molecule has 2 unspecified atom stereocenters. The second kappa shape index (κ2) is 62.4. The lowest BCUT2D eigenvalue weighted by Gasteiger charge is -2.42. The van der Waals surface area contributed by atoms with Crippen molar-refractivity contribution in [3.05, 3.63) is 0 Å². The molecule has 148 heavy (non-hydrogen) atoms. The van der Waals surface area contributed by atoms with E-state index in [-0.39, 0.29) is 63.7 Å². The van der Waals surface area contributed by atoms with Gasteiger partial charge in [-0.1, -0.05) is 51.4 Å². The van der Waals surface area contributed by atoms with Gasteiger partial charge >= 0.3 is 94.2 Å². The van der Waals surface area contributed by atoms with Crippen molar-refractivity contribution in [1.82, 2.24) is 0 Å². The maximum atomic E-state index is 10.6. The summed E-state index contributed by atoms with van der Waals surface area (Å²) in [6, 6.07) is 7.82. The highest BCUT2D eigenvalue weighted by atomic mass is 28.5. The molecule has 0 amide bonds. The van der Waals surface area contributed by atoms with Crippen molar-refractivity contribution in [2.24, 2.45) is 21.7 Å². The van der Waals surface area contributed by atoms with Gasteiger partial charge in [-0.3, -0.25) is 0 Å². The molecule has 0 aliphatic heterocycles. The Kier molecular flexibility index (Phi) is 67.0. The zero-order chi connectivity index (χ0) is 118. The van der Waals surface area contributed by atoms with Gasteiger partial charge in [-0.05, 0) is 486 Å². The summed E-state index contributed by atoms with van der Waals surface area (Å²) >= 11 is 0. The van der Waals surface area contributed by atoms with Gasteiger partial charge in [0.2, 0.25) is 0 Å².